The molecule has 0 bridgehead atoms. The normalized spacial score (nSPS) is 13.9. The number of pyridine rings is 3. The molecular formula is C33H33Cl2N7O6. The number of halogens is 2. The lowest BCUT2D eigenvalue weighted by Gasteiger charge is -2.15. The van der Waals surface area contributed by atoms with Crippen LogP contribution in [-0.2, 0) is 22.6 Å². The van der Waals surface area contributed by atoms with Crippen molar-refractivity contribution in [3.05, 3.63) is 87.8 Å². The number of aliphatic hydroxyl groups excluding tert-OH is 1. The zero-order valence-electron chi connectivity index (χ0n) is 25.9. The summed E-state index contributed by atoms with van der Waals surface area (Å²) in [6.45, 7) is 1.18. The SMILES string of the molecule is COc1nc(-c2ccnc(-c3cccc(NC(=O)c4ccc(CNCCO)cn4)c3Cl)c2Cl)ccc1CNC(=O)OC[C@@H]1CCC(=O)N1. The van der Waals surface area contributed by atoms with Crippen LogP contribution >= 0.6 is 23.2 Å². The Bertz CT molecular complexity index is 1790. The van der Waals surface area contributed by atoms with Gasteiger partial charge in [-0.05, 0) is 42.3 Å². The molecule has 1 aromatic carbocycles. The summed E-state index contributed by atoms with van der Waals surface area (Å²) in [5.74, 6) is -0.225. The van der Waals surface area contributed by atoms with Crippen molar-refractivity contribution in [1.29, 1.82) is 0 Å². The molecule has 3 amide bonds. The van der Waals surface area contributed by atoms with Gasteiger partial charge < -0.3 is 35.8 Å². The van der Waals surface area contributed by atoms with Gasteiger partial charge in [-0.1, -0.05) is 41.4 Å². The summed E-state index contributed by atoms with van der Waals surface area (Å²) in [5, 5.41) is 20.7. The second-order valence-corrected chi connectivity index (χ2v) is 11.5. The van der Waals surface area contributed by atoms with Crippen molar-refractivity contribution in [3.63, 3.8) is 0 Å². The molecule has 3 aromatic heterocycles. The average Bonchev–Trinajstić information content (AvgIpc) is 3.52. The van der Waals surface area contributed by atoms with Gasteiger partial charge in [-0.2, -0.15) is 0 Å². The molecule has 4 aromatic rings. The Balaban J connectivity index is 1.28. The molecule has 0 saturated carbocycles. The number of methoxy groups -OCH3 is 1. The third kappa shape index (κ3) is 8.55. The third-order valence-corrected chi connectivity index (χ3v) is 8.19. The Morgan fingerprint density at radius 3 is 2.62 bits per heavy atom. The fourth-order valence-corrected chi connectivity index (χ4v) is 5.50. The summed E-state index contributed by atoms with van der Waals surface area (Å²) >= 11 is 13.7. The highest BCUT2D eigenvalue weighted by molar-refractivity contribution is 6.39. The van der Waals surface area contributed by atoms with E-state index in [1.165, 1.54) is 7.11 Å². The molecule has 1 aliphatic heterocycles. The summed E-state index contributed by atoms with van der Waals surface area (Å²) in [5.41, 5.74) is 3.94. The molecule has 0 aliphatic carbocycles. The molecule has 0 radical (unpaired) electrons. The second-order valence-electron chi connectivity index (χ2n) is 10.7. The van der Waals surface area contributed by atoms with Gasteiger partial charge >= 0.3 is 6.09 Å². The summed E-state index contributed by atoms with van der Waals surface area (Å²) in [6.07, 6.45) is 3.58. The van der Waals surface area contributed by atoms with E-state index in [1.807, 2.05) is 0 Å². The van der Waals surface area contributed by atoms with Gasteiger partial charge in [-0.15, -0.1) is 0 Å². The molecule has 15 heteroatoms. The predicted octanol–water partition coefficient (Wildman–Crippen LogP) is 4.36. The first-order chi connectivity index (χ1) is 23.3. The Kier molecular flexibility index (Phi) is 11.7. The Hall–Kier alpha value is -4.82. The van der Waals surface area contributed by atoms with Crippen LogP contribution in [0.1, 0.15) is 34.5 Å². The summed E-state index contributed by atoms with van der Waals surface area (Å²) < 4.78 is 10.7. The highest BCUT2D eigenvalue weighted by Gasteiger charge is 2.22. The number of hydrogen-bond donors (Lipinski definition) is 5. The number of nitrogens with one attached hydrogen (secondary N) is 4. The second kappa shape index (κ2) is 16.3. The van der Waals surface area contributed by atoms with Gasteiger partial charge in [0.2, 0.25) is 11.8 Å². The molecule has 1 saturated heterocycles. The molecule has 1 fully saturated rings. The first-order valence-electron chi connectivity index (χ1n) is 15.0. The van der Waals surface area contributed by atoms with Crippen LogP contribution < -0.4 is 26.0 Å². The van der Waals surface area contributed by atoms with Crippen LogP contribution in [0.15, 0.2) is 60.9 Å². The zero-order valence-corrected chi connectivity index (χ0v) is 27.4. The van der Waals surface area contributed by atoms with E-state index in [9.17, 15) is 14.4 Å². The van der Waals surface area contributed by atoms with Crippen molar-refractivity contribution < 1.29 is 29.0 Å². The highest BCUT2D eigenvalue weighted by Crippen LogP contribution is 2.40. The number of amides is 3. The molecule has 0 unspecified atom stereocenters. The van der Waals surface area contributed by atoms with Gasteiger partial charge in [0, 0.05) is 48.6 Å². The number of benzene rings is 1. The molecule has 48 heavy (non-hydrogen) atoms. The minimum absolute atomic E-state index is 0.0298. The lowest BCUT2D eigenvalue weighted by molar-refractivity contribution is -0.119. The summed E-state index contributed by atoms with van der Waals surface area (Å²) in [4.78, 5) is 49.8. The highest BCUT2D eigenvalue weighted by atomic mass is 35.5. The molecule has 13 nitrogen and oxygen atoms in total. The first-order valence-corrected chi connectivity index (χ1v) is 15.8. The Labute approximate surface area is 286 Å². The average molecular weight is 695 g/mol. The van der Waals surface area contributed by atoms with Crippen LogP contribution in [0.4, 0.5) is 10.5 Å². The minimum Gasteiger partial charge on any atom is -0.481 e. The monoisotopic (exact) mass is 693 g/mol. The molecule has 4 heterocycles. The van der Waals surface area contributed by atoms with Crippen molar-refractivity contribution >= 4 is 46.8 Å². The number of nitrogens with zero attached hydrogens (tertiary/aromatic N) is 3. The number of carbonyl (C=O) groups is 3. The topological polar surface area (TPSA) is 177 Å². The Morgan fingerprint density at radius 2 is 1.90 bits per heavy atom. The molecule has 0 spiro atoms. The van der Waals surface area contributed by atoms with E-state index >= 15 is 0 Å². The quantitative estimate of drug-likeness (QED) is 0.126. The maximum Gasteiger partial charge on any atom is 0.407 e. The van der Waals surface area contributed by atoms with E-state index in [1.54, 1.807) is 60.9 Å². The molecule has 5 N–H and O–H groups in total. The standard InChI is InChI=1S/C33H33Cl2N7O6/c1-47-32-20(17-39-33(46)48-18-21-7-10-27(44)40-21)6-9-24(42-32)22-11-12-37-30(29(22)35)23-3-2-4-25(28(23)34)41-31(45)26-8-5-19(16-38-26)15-36-13-14-43/h2-6,8-9,11-12,16,21,36,43H,7,10,13-15,17-18H2,1H3,(H,39,46)(H,40,44)(H,41,45)/t21-/m0/s1. The number of aromatic nitrogens is 3. The van der Waals surface area contributed by atoms with Crippen LogP contribution in [0, 0.1) is 0 Å². The predicted molar refractivity (Wildman–Crippen MR) is 180 cm³/mol. The van der Waals surface area contributed by atoms with Crippen molar-refractivity contribution in [1.82, 2.24) is 30.9 Å². The maximum atomic E-state index is 13.0. The van der Waals surface area contributed by atoms with Crippen LogP contribution in [0.5, 0.6) is 5.88 Å². The lowest BCUT2D eigenvalue weighted by atomic mass is 10.1. The fraction of sp³-hybridized carbons (Fsp3) is 0.273. The Morgan fingerprint density at radius 1 is 1.04 bits per heavy atom. The van der Waals surface area contributed by atoms with Crippen molar-refractivity contribution in [2.24, 2.45) is 0 Å². The van der Waals surface area contributed by atoms with E-state index in [0.717, 1.165) is 5.56 Å². The minimum atomic E-state index is -0.628. The van der Waals surface area contributed by atoms with E-state index in [-0.39, 0.29) is 53.3 Å². The van der Waals surface area contributed by atoms with E-state index in [4.69, 9.17) is 37.8 Å². The van der Waals surface area contributed by atoms with Gasteiger partial charge in [0.05, 0.1) is 53.4 Å². The van der Waals surface area contributed by atoms with Crippen LogP contribution in [0.2, 0.25) is 10.0 Å². The number of rotatable bonds is 13. The molecule has 1 aliphatic rings. The van der Waals surface area contributed by atoms with E-state index in [2.05, 4.69) is 36.2 Å². The lowest BCUT2D eigenvalue weighted by Crippen LogP contribution is -2.33. The van der Waals surface area contributed by atoms with Gasteiger partial charge in [-0.3, -0.25) is 19.6 Å². The van der Waals surface area contributed by atoms with Gasteiger partial charge in [0.25, 0.3) is 5.91 Å². The van der Waals surface area contributed by atoms with Gasteiger partial charge in [-0.25, -0.2) is 9.78 Å². The van der Waals surface area contributed by atoms with Crippen LogP contribution in [0.25, 0.3) is 22.5 Å². The van der Waals surface area contributed by atoms with Crippen molar-refractivity contribution in [2.75, 3.05) is 32.2 Å². The summed E-state index contributed by atoms with van der Waals surface area (Å²) in [7, 11) is 1.47. The van der Waals surface area contributed by atoms with E-state index < -0.39 is 12.0 Å². The van der Waals surface area contributed by atoms with E-state index in [0.29, 0.717) is 59.7 Å². The summed E-state index contributed by atoms with van der Waals surface area (Å²) in [6, 6.07) is 13.5. The molecule has 5 rings (SSSR count). The number of alkyl carbamates (subject to hydrolysis) is 1. The number of ether oxygens (including phenoxy) is 2. The smallest absolute Gasteiger partial charge is 0.407 e. The largest absolute Gasteiger partial charge is 0.481 e. The fourth-order valence-electron chi connectivity index (χ4n) is 4.93. The van der Waals surface area contributed by atoms with Crippen LogP contribution in [0.3, 0.4) is 0 Å². The first kappa shape index (κ1) is 34.5. The van der Waals surface area contributed by atoms with Gasteiger partial charge in [0.15, 0.2) is 0 Å². The molecule has 250 valence electrons. The maximum absolute atomic E-state index is 13.0. The number of carbonyl (C=O) groups excluding carboxylic acids is 3. The zero-order chi connectivity index (χ0) is 34.0. The number of aliphatic hydroxyl groups is 1. The molecular weight excluding hydrogens is 661 g/mol. The third-order valence-electron chi connectivity index (χ3n) is 7.40. The van der Waals surface area contributed by atoms with Crippen molar-refractivity contribution in [2.45, 2.75) is 32.0 Å². The molecule has 1 atom stereocenters. The number of anilines is 1. The van der Waals surface area contributed by atoms with Crippen LogP contribution in [-0.4, -0.2) is 70.9 Å². The number of hydrogen-bond acceptors (Lipinski definition) is 10. The van der Waals surface area contributed by atoms with Gasteiger partial charge in [0.1, 0.15) is 12.3 Å². The van der Waals surface area contributed by atoms with Crippen molar-refractivity contribution in [3.8, 4) is 28.4 Å².